The van der Waals surface area contributed by atoms with Crippen molar-refractivity contribution in [3.05, 3.63) is 0 Å². The van der Waals surface area contributed by atoms with E-state index in [1.54, 1.807) is 6.92 Å². The fourth-order valence-corrected chi connectivity index (χ4v) is 3.85. The van der Waals surface area contributed by atoms with Gasteiger partial charge in [0, 0.05) is 26.2 Å². The molecule has 0 aromatic heterocycles. The molecule has 0 aliphatic carbocycles. The second-order valence-corrected chi connectivity index (χ2v) is 7.17. The number of nitrogens with zero attached hydrogens (tertiary/aromatic N) is 2. The molecule has 0 radical (unpaired) electrons. The molecule has 0 bridgehead atoms. The first-order chi connectivity index (χ1) is 9.70. The SMILES string of the molecule is COC(=O)CCN(C)S(=O)(=O)N1CC(C(=O)O)CCC1C. The van der Waals surface area contributed by atoms with Crippen LogP contribution in [0.5, 0.6) is 0 Å². The number of esters is 1. The zero-order valence-electron chi connectivity index (χ0n) is 12.5. The molecular weight excluding hydrogens is 300 g/mol. The summed E-state index contributed by atoms with van der Waals surface area (Å²) in [6.07, 6.45) is 0.923. The first-order valence-corrected chi connectivity index (χ1v) is 8.12. The van der Waals surface area contributed by atoms with E-state index in [2.05, 4.69) is 4.74 Å². The van der Waals surface area contributed by atoms with E-state index in [-0.39, 0.29) is 25.6 Å². The molecule has 0 aromatic rings. The number of ether oxygens (including phenoxy) is 1. The maximum absolute atomic E-state index is 12.5. The highest BCUT2D eigenvalue weighted by atomic mass is 32.2. The minimum Gasteiger partial charge on any atom is -0.481 e. The fourth-order valence-electron chi connectivity index (χ4n) is 2.24. The van der Waals surface area contributed by atoms with Gasteiger partial charge in [0.15, 0.2) is 0 Å². The molecule has 1 fully saturated rings. The molecule has 1 N–H and O–H groups in total. The first kappa shape index (κ1) is 17.9. The van der Waals surface area contributed by atoms with E-state index in [0.29, 0.717) is 12.8 Å². The van der Waals surface area contributed by atoms with Crippen molar-refractivity contribution in [2.45, 2.75) is 32.2 Å². The van der Waals surface area contributed by atoms with Gasteiger partial charge in [0.25, 0.3) is 10.2 Å². The Morgan fingerprint density at radius 1 is 1.38 bits per heavy atom. The Labute approximate surface area is 124 Å². The summed E-state index contributed by atoms with van der Waals surface area (Å²) >= 11 is 0. The van der Waals surface area contributed by atoms with Crippen molar-refractivity contribution in [2.75, 3.05) is 27.2 Å². The lowest BCUT2D eigenvalue weighted by Gasteiger charge is -2.37. The van der Waals surface area contributed by atoms with E-state index in [9.17, 15) is 18.0 Å². The average molecular weight is 322 g/mol. The maximum atomic E-state index is 12.5. The number of rotatable bonds is 6. The molecule has 8 nitrogen and oxygen atoms in total. The van der Waals surface area contributed by atoms with E-state index in [1.165, 1.54) is 18.5 Å². The normalized spacial score (nSPS) is 24.0. The Balaban J connectivity index is 2.79. The van der Waals surface area contributed by atoms with Gasteiger partial charge in [-0.25, -0.2) is 0 Å². The molecule has 1 aliphatic heterocycles. The lowest BCUT2D eigenvalue weighted by Crippen LogP contribution is -2.52. The molecule has 2 atom stereocenters. The third-order valence-corrected chi connectivity index (χ3v) is 5.79. The van der Waals surface area contributed by atoms with Crippen LogP contribution in [-0.2, 0) is 24.5 Å². The van der Waals surface area contributed by atoms with Gasteiger partial charge in [-0.05, 0) is 19.8 Å². The molecule has 1 saturated heterocycles. The van der Waals surface area contributed by atoms with Gasteiger partial charge in [0.05, 0.1) is 19.4 Å². The zero-order chi connectivity index (χ0) is 16.2. The molecule has 1 heterocycles. The van der Waals surface area contributed by atoms with Gasteiger partial charge in [-0.3, -0.25) is 9.59 Å². The van der Waals surface area contributed by atoms with Crippen LogP contribution in [-0.4, -0.2) is 67.4 Å². The van der Waals surface area contributed by atoms with Crippen LogP contribution in [0.25, 0.3) is 0 Å². The van der Waals surface area contributed by atoms with Crippen molar-refractivity contribution in [3.63, 3.8) is 0 Å². The van der Waals surface area contributed by atoms with Crippen molar-refractivity contribution in [2.24, 2.45) is 5.92 Å². The topological polar surface area (TPSA) is 104 Å². The highest BCUT2D eigenvalue weighted by molar-refractivity contribution is 7.86. The highest BCUT2D eigenvalue weighted by Gasteiger charge is 2.38. The minimum absolute atomic E-state index is 0.00400. The molecule has 1 aliphatic rings. The Kier molecular flexibility index (Phi) is 6.11. The molecule has 1 rings (SSSR count). The second kappa shape index (κ2) is 7.19. The lowest BCUT2D eigenvalue weighted by molar-refractivity contribution is -0.143. The molecule has 0 aromatic carbocycles. The van der Waals surface area contributed by atoms with Gasteiger partial charge in [-0.1, -0.05) is 0 Å². The van der Waals surface area contributed by atoms with Gasteiger partial charge >= 0.3 is 11.9 Å². The summed E-state index contributed by atoms with van der Waals surface area (Å²) in [6, 6.07) is -0.258. The number of hydrogen-bond acceptors (Lipinski definition) is 5. The molecule has 0 amide bonds. The smallest absolute Gasteiger partial charge is 0.307 e. The summed E-state index contributed by atoms with van der Waals surface area (Å²) in [7, 11) is -1.18. The predicted octanol–water partition coefficient (Wildman–Crippen LogP) is -0.0888. The molecule has 0 spiro atoms. The molecule has 21 heavy (non-hydrogen) atoms. The Bertz CT molecular complexity index is 492. The summed E-state index contributed by atoms with van der Waals surface area (Å²) in [4.78, 5) is 22.2. The number of carbonyl (C=O) groups is 2. The van der Waals surface area contributed by atoms with Crippen molar-refractivity contribution < 1.29 is 27.9 Å². The summed E-state index contributed by atoms with van der Waals surface area (Å²) in [6.45, 7) is 1.71. The van der Waals surface area contributed by atoms with Gasteiger partial charge in [-0.15, -0.1) is 0 Å². The van der Waals surface area contributed by atoms with Gasteiger partial charge in [0.2, 0.25) is 0 Å². The van der Waals surface area contributed by atoms with Crippen LogP contribution in [0.1, 0.15) is 26.2 Å². The standard InChI is InChI=1S/C12H22N2O6S/c1-9-4-5-10(12(16)17)8-14(9)21(18,19)13(2)7-6-11(15)20-3/h9-10H,4-8H2,1-3H3,(H,16,17). The monoisotopic (exact) mass is 322 g/mol. The average Bonchev–Trinajstić information content (AvgIpc) is 2.44. The number of piperidine rings is 1. The van der Waals surface area contributed by atoms with E-state index in [0.717, 1.165) is 4.31 Å². The third kappa shape index (κ3) is 4.39. The predicted molar refractivity (Wildman–Crippen MR) is 74.7 cm³/mol. The quantitative estimate of drug-likeness (QED) is 0.685. The molecule has 122 valence electrons. The van der Waals surface area contributed by atoms with Crippen LogP contribution >= 0.6 is 0 Å². The largest absolute Gasteiger partial charge is 0.481 e. The number of methoxy groups -OCH3 is 1. The summed E-state index contributed by atoms with van der Waals surface area (Å²) < 4.78 is 31.7. The summed E-state index contributed by atoms with van der Waals surface area (Å²) in [5, 5.41) is 9.06. The Morgan fingerprint density at radius 3 is 2.52 bits per heavy atom. The summed E-state index contributed by atoms with van der Waals surface area (Å²) in [5.74, 6) is -2.17. The molecule has 2 unspecified atom stereocenters. The number of carbonyl (C=O) groups excluding carboxylic acids is 1. The Morgan fingerprint density at radius 2 is 2.00 bits per heavy atom. The molecular formula is C12H22N2O6S. The van der Waals surface area contributed by atoms with Crippen molar-refractivity contribution in [1.29, 1.82) is 0 Å². The van der Waals surface area contributed by atoms with E-state index < -0.39 is 28.1 Å². The third-order valence-electron chi connectivity index (χ3n) is 3.72. The fraction of sp³-hybridized carbons (Fsp3) is 0.833. The van der Waals surface area contributed by atoms with E-state index in [4.69, 9.17) is 5.11 Å². The number of carboxylic acids is 1. The lowest BCUT2D eigenvalue weighted by atomic mass is 9.96. The number of aliphatic carboxylic acids is 1. The zero-order valence-corrected chi connectivity index (χ0v) is 13.3. The number of hydrogen-bond donors (Lipinski definition) is 1. The van der Waals surface area contributed by atoms with Gasteiger partial charge in [0.1, 0.15) is 0 Å². The van der Waals surface area contributed by atoms with Crippen LogP contribution in [0, 0.1) is 5.92 Å². The Hall–Kier alpha value is -1.19. The van der Waals surface area contributed by atoms with Crippen LogP contribution in [0.2, 0.25) is 0 Å². The maximum Gasteiger partial charge on any atom is 0.307 e. The van der Waals surface area contributed by atoms with Crippen molar-refractivity contribution >= 4 is 22.1 Å². The first-order valence-electron chi connectivity index (χ1n) is 6.72. The van der Waals surface area contributed by atoms with Gasteiger partial charge in [-0.2, -0.15) is 17.0 Å². The number of carboxylic acid groups (broad SMARTS) is 1. The van der Waals surface area contributed by atoms with Crippen molar-refractivity contribution in [3.8, 4) is 0 Å². The second-order valence-electron chi connectivity index (χ2n) is 5.19. The molecule has 0 saturated carbocycles. The molecule has 9 heteroatoms. The van der Waals surface area contributed by atoms with Gasteiger partial charge < -0.3 is 9.84 Å². The van der Waals surface area contributed by atoms with E-state index in [1.807, 2.05) is 0 Å². The van der Waals surface area contributed by atoms with Crippen LogP contribution in [0.15, 0.2) is 0 Å². The minimum atomic E-state index is -3.79. The van der Waals surface area contributed by atoms with Crippen LogP contribution in [0.4, 0.5) is 0 Å². The highest BCUT2D eigenvalue weighted by Crippen LogP contribution is 2.26. The van der Waals surface area contributed by atoms with E-state index >= 15 is 0 Å². The van der Waals surface area contributed by atoms with Crippen LogP contribution < -0.4 is 0 Å². The summed E-state index contributed by atoms with van der Waals surface area (Å²) in [5.41, 5.74) is 0. The van der Waals surface area contributed by atoms with Crippen LogP contribution in [0.3, 0.4) is 0 Å². The van der Waals surface area contributed by atoms with Crippen molar-refractivity contribution in [1.82, 2.24) is 8.61 Å².